The number of rotatable bonds is 5. The Kier molecular flexibility index (Phi) is 5.60. The third-order valence-electron chi connectivity index (χ3n) is 5.62. The van der Waals surface area contributed by atoms with Gasteiger partial charge in [-0.15, -0.1) is 0 Å². The minimum absolute atomic E-state index is 0.228. The van der Waals surface area contributed by atoms with Crippen molar-refractivity contribution in [3.05, 3.63) is 78.3 Å². The summed E-state index contributed by atoms with van der Waals surface area (Å²) in [4.78, 5) is 20.9. The normalized spacial score (nSPS) is 16.2. The predicted octanol–water partition coefficient (Wildman–Crippen LogP) is 4.26. The first kappa shape index (κ1) is 20.3. The molecule has 1 saturated heterocycles. The van der Waals surface area contributed by atoms with Gasteiger partial charge in [0.15, 0.2) is 11.9 Å². The zero-order valence-corrected chi connectivity index (χ0v) is 17.4. The summed E-state index contributed by atoms with van der Waals surface area (Å²) in [5.41, 5.74) is 3.01. The van der Waals surface area contributed by atoms with E-state index in [2.05, 4.69) is 20.4 Å². The molecular weight excluding hydrogens is 409 g/mol. The summed E-state index contributed by atoms with van der Waals surface area (Å²) in [5, 5.41) is 8.21. The van der Waals surface area contributed by atoms with Crippen molar-refractivity contribution in [2.24, 2.45) is 0 Å². The van der Waals surface area contributed by atoms with Gasteiger partial charge >= 0.3 is 0 Å². The van der Waals surface area contributed by atoms with Crippen LogP contribution in [0, 0.1) is 5.95 Å². The monoisotopic (exact) mass is 431 g/mol. The van der Waals surface area contributed by atoms with Crippen LogP contribution in [0.5, 0.6) is 0 Å². The van der Waals surface area contributed by atoms with E-state index in [-0.39, 0.29) is 17.8 Å². The zero-order chi connectivity index (χ0) is 21.9. The van der Waals surface area contributed by atoms with Crippen molar-refractivity contribution in [3.63, 3.8) is 0 Å². The average Bonchev–Trinajstić information content (AvgIpc) is 3.23. The number of ether oxygens (including phenoxy) is 1. The van der Waals surface area contributed by atoms with Crippen molar-refractivity contribution in [1.82, 2.24) is 25.1 Å². The van der Waals surface area contributed by atoms with Gasteiger partial charge in [0.2, 0.25) is 5.95 Å². The van der Waals surface area contributed by atoms with Crippen LogP contribution in [0.15, 0.2) is 61.1 Å². The van der Waals surface area contributed by atoms with Crippen molar-refractivity contribution in [1.29, 1.82) is 0 Å². The number of carbonyl (C=O) groups is 1. The number of hydrogen-bond donors (Lipinski definition) is 1. The average molecular weight is 431 g/mol. The van der Waals surface area contributed by atoms with Gasteiger partial charge in [-0.05, 0) is 66.8 Å². The molecule has 8 heteroatoms. The molecule has 1 aromatic carbocycles. The maximum Gasteiger partial charge on any atom is 0.272 e. The first-order valence-electron chi connectivity index (χ1n) is 10.6. The number of amides is 1. The Morgan fingerprint density at radius 2 is 2.03 bits per heavy atom. The molecule has 1 fully saturated rings. The highest BCUT2D eigenvalue weighted by molar-refractivity contribution is 6.05. The molecule has 0 aliphatic carbocycles. The van der Waals surface area contributed by atoms with Crippen molar-refractivity contribution in [2.45, 2.75) is 32.0 Å². The first-order chi connectivity index (χ1) is 15.7. The fraction of sp³-hybridized carbons (Fsp3) is 0.250. The molecule has 0 bridgehead atoms. The molecule has 4 heterocycles. The molecule has 1 aliphatic rings. The van der Waals surface area contributed by atoms with Crippen LogP contribution in [0.4, 0.5) is 4.39 Å². The molecule has 7 nitrogen and oxygen atoms in total. The molecule has 0 radical (unpaired) electrons. The van der Waals surface area contributed by atoms with Crippen LogP contribution in [0.25, 0.3) is 22.0 Å². The molecule has 3 aromatic heterocycles. The Hall–Kier alpha value is -3.65. The van der Waals surface area contributed by atoms with Crippen LogP contribution in [-0.2, 0) is 11.3 Å². The van der Waals surface area contributed by atoms with E-state index in [9.17, 15) is 9.18 Å². The van der Waals surface area contributed by atoms with Crippen molar-refractivity contribution in [2.75, 3.05) is 6.61 Å². The lowest BCUT2D eigenvalue weighted by molar-refractivity contribution is -0.0368. The lowest BCUT2D eigenvalue weighted by atomic mass is 10.0. The molecule has 1 amide bonds. The lowest BCUT2D eigenvalue weighted by Crippen LogP contribution is -2.24. The Balaban J connectivity index is 1.55. The van der Waals surface area contributed by atoms with Gasteiger partial charge in [-0.2, -0.15) is 9.49 Å². The Morgan fingerprint density at radius 1 is 1.16 bits per heavy atom. The highest BCUT2D eigenvalue weighted by atomic mass is 19.1. The fourth-order valence-corrected chi connectivity index (χ4v) is 3.98. The molecule has 4 aromatic rings. The van der Waals surface area contributed by atoms with Crippen LogP contribution in [0.1, 0.15) is 41.5 Å². The zero-order valence-electron chi connectivity index (χ0n) is 17.4. The standard InChI is InChI=1S/C24H22FN5O2/c25-23-18(4-3-10-27-23)17-6-7-20-19(14-17)22(29-30(20)21-5-1-2-13-32-21)24(31)28-15-16-8-11-26-12-9-16/h3-4,6-12,14,21H,1-2,5,13,15H2,(H,28,31). The second kappa shape index (κ2) is 8.84. The first-order valence-corrected chi connectivity index (χ1v) is 10.6. The highest BCUT2D eigenvalue weighted by Gasteiger charge is 2.24. The summed E-state index contributed by atoms with van der Waals surface area (Å²) >= 11 is 0. The predicted molar refractivity (Wildman–Crippen MR) is 117 cm³/mol. The van der Waals surface area contributed by atoms with E-state index >= 15 is 0 Å². The number of nitrogens with zero attached hydrogens (tertiary/aromatic N) is 4. The second-order valence-corrected chi connectivity index (χ2v) is 7.73. The Bertz CT molecular complexity index is 1250. The van der Waals surface area contributed by atoms with Gasteiger partial charge in [0.05, 0.1) is 5.52 Å². The molecule has 5 rings (SSSR count). The number of halogens is 1. The van der Waals surface area contributed by atoms with E-state index < -0.39 is 5.95 Å². The van der Waals surface area contributed by atoms with Crippen molar-refractivity contribution < 1.29 is 13.9 Å². The summed E-state index contributed by atoms with van der Waals surface area (Å²) in [6.07, 6.45) is 7.42. The number of benzene rings is 1. The van der Waals surface area contributed by atoms with Gasteiger partial charge in [0, 0.05) is 42.7 Å². The lowest BCUT2D eigenvalue weighted by Gasteiger charge is -2.23. The van der Waals surface area contributed by atoms with Crippen molar-refractivity contribution >= 4 is 16.8 Å². The molecular formula is C24H22FN5O2. The smallest absolute Gasteiger partial charge is 0.272 e. The van der Waals surface area contributed by atoms with Gasteiger partial charge in [-0.25, -0.2) is 9.67 Å². The van der Waals surface area contributed by atoms with Crippen molar-refractivity contribution in [3.8, 4) is 11.1 Å². The maximum atomic E-state index is 14.3. The largest absolute Gasteiger partial charge is 0.356 e. The summed E-state index contributed by atoms with van der Waals surface area (Å²) in [6, 6.07) is 12.5. The molecule has 1 unspecified atom stereocenters. The van der Waals surface area contributed by atoms with Gasteiger partial charge in [0.25, 0.3) is 5.91 Å². The van der Waals surface area contributed by atoms with E-state index in [1.165, 1.54) is 6.20 Å². The van der Waals surface area contributed by atoms with Gasteiger partial charge in [-0.1, -0.05) is 6.07 Å². The fourth-order valence-electron chi connectivity index (χ4n) is 3.98. The molecule has 1 N–H and O–H groups in total. The van der Waals surface area contributed by atoms with E-state index in [1.54, 1.807) is 35.3 Å². The number of nitrogens with one attached hydrogen (secondary N) is 1. The molecule has 32 heavy (non-hydrogen) atoms. The van der Waals surface area contributed by atoms with Crippen LogP contribution in [-0.4, -0.2) is 32.3 Å². The molecule has 1 aliphatic heterocycles. The van der Waals surface area contributed by atoms with E-state index in [0.29, 0.717) is 29.7 Å². The van der Waals surface area contributed by atoms with Crippen LogP contribution >= 0.6 is 0 Å². The highest BCUT2D eigenvalue weighted by Crippen LogP contribution is 2.31. The van der Waals surface area contributed by atoms with Gasteiger partial charge in [0.1, 0.15) is 0 Å². The number of carbonyl (C=O) groups excluding carboxylic acids is 1. The maximum absolute atomic E-state index is 14.3. The van der Waals surface area contributed by atoms with Crippen LogP contribution in [0.2, 0.25) is 0 Å². The SMILES string of the molecule is O=C(NCc1ccncc1)c1nn(C2CCCCO2)c2ccc(-c3cccnc3F)cc12. The third-order valence-corrected chi connectivity index (χ3v) is 5.62. The molecule has 1 atom stereocenters. The van der Waals surface area contributed by atoms with E-state index in [1.807, 2.05) is 24.3 Å². The molecule has 162 valence electrons. The number of pyridine rings is 2. The van der Waals surface area contributed by atoms with Gasteiger partial charge < -0.3 is 10.1 Å². The summed E-state index contributed by atoms with van der Waals surface area (Å²) in [5.74, 6) is -0.858. The van der Waals surface area contributed by atoms with E-state index in [0.717, 1.165) is 30.3 Å². The summed E-state index contributed by atoms with van der Waals surface area (Å²) in [7, 11) is 0. The number of fused-ring (bicyclic) bond motifs is 1. The topological polar surface area (TPSA) is 81.9 Å². The second-order valence-electron chi connectivity index (χ2n) is 7.73. The van der Waals surface area contributed by atoms with Crippen LogP contribution < -0.4 is 5.32 Å². The van der Waals surface area contributed by atoms with E-state index in [4.69, 9.17) is 4.74 Å². The Morgan fingerprint density at radius 3 is 2.81 bits per heavy atom. The third kappa shape index (κ3) is 3.97. The number of aromatic nitrogens is 4. The number of hydrogen-bond acceptors (Lipinski definition) is 5. The summed E-state index contributed by atoms with van der Waals surface area (Å²) in [6.45, 7) is 1.02. The quantitative estimate of drug-likeness (QED) is 0.478. The van der Waals surface area contributed by atoms with Gasteiger partial charge in [-0.3, -0.25) is 9.78 Å². The van der Waals surface area contributed by atoms with Crippen LogP contribution in [0.3, 0.4) is 0 Å². The molecule has 0 saturated carbocycles. The minimum Gasteiger partial charge on any atom is -0.356 e. The molecule has 0 spiro atoms. The Labute approximate surface area is 184 Å². The minimum atomic E-state index is -0.557. The summed E-state index contributed by atoms with van der Waals surface area (Å²) < 4.78 is 22.0.